The first kappa shape index (κ1) is 28.7. The fourth-order valence-electron chi connectivity index (χ4n) is 4.71. The number of nitrogens with zero attached hydrogens (tertiary/aromatic N) is 3. The molecule has 0 aliphatic carbocycles. The van der Waals surface area contributed by atoms with Gasteiger partial charge >= 0.3 is 0 Å². The summed E-state index contributed by atoms with van der Waals surface area (Å²) in [5.74, 6) is 1.05. The van der Waals surface area contributed by atoms with Gasteiger partial charge in [0.25, 0.3) is 0 Å². The van der Waals surface area contributed by atoms with Gasteiger partial charge in [0.1, 0.15) is 5.82 Å². The Morgan fingerprint density at radius 3 is 2.63 bits per heavy atom. The fourth-order valence-corrected chi connectivity index (χ4v) is 7.34. The van der Waals surface area contributed by atoms with Crippen LogP contribution in [-0.4, -0.2) is 62.8 Å². The summed E-state index contributed by atoms with van der Waals surface area (Å²) in [7, 11) is -0.624. The van der Waals surface area contributed by atoms with Gasteiger partial charge in [0.15, 0.2) is 16.7 Å². The fraction of sp³-hybridized carbons (Fsp3) is 0.519. The van der Waals surface area contributed by atoms with Gasteiger partial charge in [0, 0.05) is 50.2 Å². The number of halogens is 1. The largest absolute Gasteiger partial charge is 0.493 e. The van der Waals surface area contributed by atoms with Crippen molar-refractivity contribution in [3.8, 4) is 11.5 Å². The van der Waals surface area contributed by atoms with Crippen molar-refractivity contribution in [1.29, 1.82) is 0 Å². The maximum atomic E-state index is 14.8. The molecule has 2 heterocycles. The second-order valence-corrected chi connectivity index (χ2v) is 12.3. The lowest BCUT2D eigenvalue weighted by atomic mass is 10.0. The molecule has 0 radical (unpaired) electrons. The van der Waals surface area contributed by atoms with Crippen LogP contribution in [0.25, 0.3) is 11.0 Å². The number of hydrogen-bond donors (Lipinski definition) is 0. The van der Waals surface area contributed by atoms with Gasteiger partial charge in [-0.25, -0.2) is 17.8 Å². The molecule has 3 aromatic rings. The molecule has 0 saturated carbocycles. The molecule has 0 spiro atoms. The van der Waals surface area contributed by atoms with Gasteiger partial charge in [0.2, 0.25) is 10.0 Å². The van der Waals surface area contributed by atoms with Crippen LogP contribution in [-0.2, 0) is 27.1 Å². The van der Waals surface area contributed by atoms with Crippen molar-refractivity contribution < 1.29 is 27.0 Å². The maximum absolute atomic E-state index is 14.8. The smallest absolute Gasteiger partial charge is 0.243 e. The van der Waals surface area contributed by atoms with E-state index >= 15 is 0 Å². The monoisotopic (exact) mass is 565 g/mol. The molecular weight excluding hydrogens is 529 g/mol. The Balaban J connectivity index is 1.65. The van der Waals surface area contributed by atoms with Crippen LogP contribution in [0.4, 0.5) is 4.39 Å². The van der Waals surface area contributed by atoms with Crippen LogP contribution < -0.4 is 9.47 Å². The molecule has 1 unspecified atom stereocenters. The summed E-state index contributed by atoms with van der Waals surface area (Å²) >= 11 is 1.39. The van der Waals surface area contributed by atoms with Crippen molar-refractivity contribution in [2.24, 2.45) is 5.92 Å². The van der Waals surface area contributed by atoms with Crippen LogP contribution in [0, 0.1) is 11.7 Å². The third kappa shape index (κ3) is 6.27. The van der Waals surface area contributed by atoms with Gasteiger partial charge in [0.05, 0.1) is 30.1 Å². The second-order valence-electron chi connectivity index (χ2n) is 9.44. The van der Waals surface area contributed by atoms with E-state index in [0.29, 0.717) is 72.3 Å². The molecule has 0 amide bonds. The average Bonchev–Trinajstić information content (AvgIpc) is 3.26. The van der Waals surface area contributed by atoms with Crippen LogP contribution in [0.15, 0.2) is 40.4 Å². The highest BCUT2D eigenvalue weighted by atomic mass is 32.2. The number of imidazole rings is 1. The quantitative estimate of drug-likeness (QED) is 0.217. The summed E-state index contributed by atoms with van der Waals surface area (Å²) in [6.45, 7) is 6.99. The zero-order valence-corrected chi connectivity index (χ0v) is 24.0. The molecule has 4 rings (SSSR count). The molecule has 1 fully saturated rings. The molecule has 1 aromatic heterocycles. The summed E-state index contributed by atoms with van der Waals surface area (Å²) in [6, 6.07) is 8.10. The molecule has 1 aliphatic rings. The molecule has 208 valence electrons. The summed E-state index contributed by atoms with van der Waals surface area (Å²) in [6.07, 6.45) is 2.67. The SMILES string of the molecule is CCOCCCn1c(SCc2cc(OC)c(OC)cc2F)nc2cc(S(=O)(=O)N3CCCC(C)C3)ccc21. The summed E-state index contributed by atoms with van der Waals surface area (Å²) in [5.41, 5.74) is 1.90. The molecule has 2 aromatic carbocycles. The van der Waals surface area contributed by atoms with Crippen molar-refractivity contribution in [3.63, 3.8) is 0 Å². The van der Waals surface area contributed by atoms with Crippen LogP contribution >= 0.6 is 11.8 Å². The number of thioether (sulfide) groups is 1. The van der Waals surface area contributed by atoms with Crippen molar-refractivity contribution in [3.05, 3.63) is 41.7 Å². The molecule has 1 atom stereocenters. The number of benzene rings is 2. The normalized spacial score (nSPS) is 16.7. The Morgan fingerprint density at radius 1 is 1.16 bits per heavy atom. The standard InChI is InChI=1S/C27H36FN3O5S2/c1-5-36-13-7-12-31-24-10-9-21(38(32,33)30-11-6-8-19(2)17-30)15-23(24)29-27(31)37-18-20-14-25(34-3)26(35-4)16-22(20)28/h9-10,14-16,19H,5-8,11-13,17-18H2,1-4H3. The minimum Gasteiger partial charge on any atom is -0.493 e. The molecule has 1 aliphatic heterocycles. The number of methoxy groups -OCH3 is 2. The van der Waals surface area contributed by atoms with Crippen LogP contribution in [0.5, 0.6) is 11.5 Å². The Kier molecular flexibility index (Phi) is 9.56. The van der Waals surface area contributed by atoms with Gasteiger partial charge in [-0.1, -0.05) is 18.7 Å². The van der Waals surface area contributed by atoms with Crippen LogP contribution in [0.2, 0.25) is 0 Å². The molecular formula is C27H36FN3O5S2. The van der Waals surface area contributed by atoms with E-state index in [0.717, 1.165) is 24.8 Å². The van der Waals surface area contributed by atoms with Gasteiger partial charge < -0.3 is 18.8 Å². The lowest BCUT2D eigenvalue weighted by Crippen LogP contribution is -2.39. The first-order chi connectivity index (χ1) is 18.3. The summed E-state index contributed by atoms with van der Waals surface area (Å²) in [5, 5.41) is 0.687. The van der Waals surface area contributed by atoms with Gasteiger partial charge in [-0.15, -0.1) is 0 Å². The third-order valence-electron chi connectivity index (χ3n) is 6.73. The molecule has 0 bridgehead atoms. The predicted octanol–water partition coefficient (Wildman–Crippen LogP) is 5.33. The number of hydrogen-bond acceptors (Lipinski definition) is 7. The minimum atomic E-state index is -3.61. The first-order valence-electron chi connectivity index (χ1n) is 12.9. The average molecular weight is 566 g/mol. The first-order valence-corrected chi connectivity index (χ1v) is 15.3. The van der Waals surface area contributed by atoms with Crippen molar-refractivity contribution in [2.75, 3.05) is 40.5 Å². The lowest BCUT2D eigenvalue weighted by Gasteiger charge is -2.30. The minimum absolute atomic E-state index is 0.251. The lowest BCUT2D eigenvalue weighted by molar-refractivity contribution is 0.141. The summed E-state index contributed by atoms with van der Waals surface area (Å²) in [4.78, 5) is 5.04. The van der Waals surface area contributed by atoms with Gasteiger partial charge in [-0.2, -0.15) is 4.31 Å². The number of piperidine rings is 1. The Morgan fingerprint density at radius 2 is 1.92 bits per heavy atom. The highest BCUT2D eigenvalue weighted by molar-refractivity contribution is 7.98. The van der Waals surface area contributed by atoms with Gasteiger partial charge in [-0.05, 0) is 56.4 Å². The van der Waals surface area contributed by atoms with E-state index in [1.54, 1.807) is 22.5 Å². The highest BCUT2D eigenvalue weighted by Crippen LogP contribution is 2.34. The van der Waals surface area contributed by atoms with E-state index in [-0.39, 0.29) is 4.90 Å². The number of sulfonamides is 1. The Bertz CT molecular complexity index is 1360. The molecule has 38 heavy (non-hydrogen) atoms. The van der Waals surface area contributed by atoms with E-state index in [1.165, 1.54) is 32.0 Å². The van der Waals surface area contributed by atoms with Gasteiger partial charge in [-0.3, -0.25) is 0 Å². The van der Waals surface area contributed by atoms with E-state index < -0.39 is 15.8 Å². The molecule has 0 N–H and O–H groups in total. The maximum Gasteiger partial charge on any atom is 0.243 e. The molecule has 11 heteroatoms. The van der Waals surface area contributed by atoms with E-state index in [1.807, 2.05) is 13.0 Å². The molecule has 8 nitrogen and oxygen atoms in total. The Labute approximate surface area is 228 Å². The number of aryl methyl sites for hydroxylation is 1. The number of rotatable bonds is 12. The zero-order chi connectivity index (χ0) is 27.3. The highest BCUT2D eigenvalue weighted by Gasteiger charge is 2.29. The van der Waals surface area contributed by atoms with Crippen molar-refractivity contribution >= 4 is 32.8 Å². The topological polar surface area (TPSA) is 82.9 Å². The van der Waals surface area contributed by atoms with Crippen LogP contribution in [0.1, 0.15) is 38.7 Å². The van der Waals surface area contributed by atoms with Crippen LogP contribution in [0.3, 0.4) is 0 Å². The van der Waals surface area contributed by atoms with Crippen molar-refractivity contribution in [2.45, 2.75) is 55.5 Å². The van der Waals surface area contributed by atoms with Crippen molar-refractivity contribution in [1.82, 2.24) is 13.9 Å². The zero-order valence-electron chi connectivity index (χ0n) is 22.4. The molecule has 1 saturated heterocycles. The summed E-state index contributed by atoms with van der Waals surface area (Å²) < 4.78 is 61.2. The second kappa shape index (κ2) is 12.7. The predicted molar refractivity (Wildman–Crippen MR) is 147 cm³/mol. The van der Waals surface area contributed by atoms with E-state index in [9.17, 15) is 12.8 Å². The van der Waals surface area contributed by atoms with E-state index in [4.69, 9.17) is 19.2 Å². The number of aromatic nitrogens is 2. The third-order valence-corrected chi connectivity index (χ3v) is 9.61. The number of ether oxygens (including phenoxy) is 3. The Hall–Kier alpha value is -2.34. The number of fused-ring (bicyclic) bond motifs is 1. The van der Waals surface area contributed by atoms with E-state index in [2.05, 4.69) is 11.5 Å².